The summed E-state index contributed by atoms with van der Waals surface area (Å²) in [6.45, 7) is 5.71. The molecule has 6 nitrogen and oxygen atoms in total. The van der Waals surface area contributed by atoms with Gasteiger partial charge in [0.2, 0.25) is 0 Å². The van der Waals surface area contributed by atoms with Crippen molar-refractivity contribution in [3.05, 3.63) is 24.3 Å². The van der Waals surface area contributed by atoms with E-state index >= 15 is 0 Å². The fourth-order valence-corrected chi connectivity index (χ4v) is 2.80. The van der Waals surface area contributed by atoms with Crippen molar-refractivity contribution in [3.63, 3.8) is 0 Å². The second kappa shape index (κ2) is 11.4. The van der Waals surface area contributed by atoms with Crippen LogP contribution >= 0.6 is 35.3 Å². The number of aromatic nitrogens is 1. The summed E-state index contributed by atoms with van der Waals surface area (Å²) in [7, 11) is 1.76. The van der Waals surface area contributed by atoms with Gasteiger partial charge in [0.15, 0.2) is 11.1 Å². The Bertz CT molecular complexity index is 571. The van der Waals surface area contributed by atoms with E-state index in [0.29, 0.717) is 6.61 Å². The summed E-state index contributed by atoms with van der Waals surface area (Å²) in [6, 6.07) is 8.15. The monoisotopic (exact) mass is 449 g/mol. The zero-order valence-electron chi connectivity index (χ0n) is 13.5. The number of guanidine groups is 1. The van der Waals surface area contributed by atoms with Crippen molar-refractivity contribution in [2.45, 2.75) is 6.92 Å². The minimum atomic E-state index is 0. The van der Waals surface area contributed by atoms with Gasteiger partial charge in [0.1, 0.15) is 0 Å². The first-order valence-corrected chi connectivity index (χ1v) is 8.27. The molecule has 0 fully saturated rings. The SMILES string of the molecule is CCOCCNC(=NC)NCCNc1nc2ccccc2s1.I. The largest absolute Gasteiger partial charge is 0.380 e. The molecule has 2 rings (SSSR count). The smallest absolute Gasteiger partial charge is 0.191 e. The molecule has 1 heterocycles. The third kappa shape index (κ3) is 6.88. The summed E-state index contributed by atoms with van der Waals surface area (Å²) in [5.41, 5.74) is 1.04. The molecule has 0 saturated carbocycles. The van der Waals surface area contributed by atoms with Crippen LogP contribution in [0.5, 0.6) is 0 Å². The molecule has 0 saturated heterocycles. The van der Waals surface area contributed by atoms with Crippen LogP contribution in [0, 0.1) is 0 Å². The molecular weight excluding hydrogens is 425 g/mol. The molecule has 0 unspecified atom stereocenters. The number of aliphatic imine (C=N–C) groups is 1. The van der Waals surface area contributed by atoms with E-state index < -0.39 is 0 Å². The van der Waals surface area contributed by atoms with Crippen molar-refractivity contribution in [3.8, 4) is 0 Å². The highest BCUT2D eigenvalue weighted by molar-refractivity contribution is 14.0. The molecule has 2 aromatic rings. The van der Waals surface area contributed by atoms with Gasteiger partial charge in [0.05, 0.1) is 16.8 Å². The van der Waals surface area contributed by atoms with Crippen LogP contribution in [-0.2, 0) is 4.74 Å². The lowest BCUT2D eigenvalue weighted by atomic mass is 10.3. The number of fused-ring (bicyclic) bond motifs is 1. The van der Waals surface area contributed by atoms with E-state index in [2.05, 4.69) is 32.0 Å². The molecule has 0 aliphatic carbocycles. The number of halogens is 1. The number of para-hydroxylation sites is 1. The molecule has 23 heavy (non-hydrogen) atoms. The number of rotatable bonds is 8. The zero-order valence-corrected chi connectivity index (χ0v) is 16.6. The van der Waals surface area contributed by atoms with Gasteiger partial charge in [0.25, 0.3) is 0 Å². The normalized spacial score (nSPS) is 11.1. The predicted molar refractivity (Wildman–Crippen MR) is 109 cm³/mol. The number of benzene rings is 1. The highest BCUT2D eigenvalue weighted by atomic mass is 127. The summed E-state index contributed by atoms with van der Waals surface area (Å²) in [5, 5.41) is 10.7. The average Bonchev–Trinajstić information content (AvgIpc) is 2.96. The first kappa shape index (κ1) is 19.9. The molecule has 0 bridgehead atoms. The molecule has 0 atom stereocenters. The maximum absolute atomic E-state index is 5.28. The van der Waals surface area contributed by atoms with Crippen LogP contribution in [0.15, 0.2) is 29.3 Å². The standard InChI is InChI=1S/C15H23N5OS.HI/c1-3-21-11-10-18-14(16-2)17-8-9-19-15-20-12-6-4-5-7-13(12)22-15;/h4-7H,3,8-11H2,1-2H3,(H,19,20)(H2,16,17,18);1H. The van der Waals surface area contributed by atoms with E-state index in [0.717, 1.165) is 42.8 Å². The molecule has 8 heteroatoms. The van der Waals surface area contributed by atoms with Crippen molar-refractivity contribution < 1.29 is 4.74 Å². The third-order valence-electron chi connectivity index (χ3n) is 2.95. The van der Waals surface area contributed by atoms with Crippen LogP contribution in [0.3, 0.4) is 0 Å². The van der Waals surface area contributed by atoms with Gasteiger partial charge in [-0.15, -0.1) is 24.0 Å². The van der Waals surface area contributed by atoms with Gasteiger partial charge in [-0.05, 0) is 19.1 Å². The van der Waals surface area contributed by atoms with Crippen molar-refractivity contribution >= 4 is 56.6 Å². The number of ether oxygens (including phenoxy) is 1. The topological polar surface area (TPSA) is 70.6 Å². The van der Waals surface area contributed by atoms with E-state index in [4.69, 9.17) is 4.74 Å². The van der Waals surface area contributed by atoms with E-state index in [9.17, 15) is 0 Å². The quantitative estimate of drug-likeness (QED) is 0.250. The number of hydrogen-bond acceptors (Lipinski definition) is 5. The molecule has 0 aliphatic heterocycles. The zero-order chi connectivity index (χ0) is 15.6. The molecule has 0 radical (unpaired) electrons. The maximum Gasteiger partial charge on any atom is 0.191 e. The van der Waals surface area contributed by atoms with Crippen LogP contribution in [-0.4, -0.2) is 50.8 Å². The molecule has 3 N–H and O–H groups in total. The molecule has 1 aromatic carbocycles. The van der Waals surface area contributed by atoms with E-state index in [1.54, 1.807) is 18.4 Å². The van der Waals surface area contributed by atoms with Gasteiger partial charge in [-0.3, -0.25) is 4.99 Å². The molecular formula is C15H24IN5OS. The first-order chi connectivity index (χ1) is 10.8. The number of nitrogens with zero attached hydrogens (tertiary/aromatic N) is 2. The summed E-state index contributed by atoms with van der Waals surface area (Å²) in [5.74, 6) is 0.783. The van der Waals surface area contributed by atoms with Gasteiger partial charge < -0.3 is 20.7 Å². The highest BCUT2D eigenvalue weighted by Crippen LogP contribution is 2.24. The lowest BCUT2D eigenvalue weighted by molar-refractivity contribution is 0.152. The Kier molecular flexibility index (Phi) is 9.88. The van der Waals surface area contributed by atoms with Gasteiger partial charge in [-0.2, -0.15) is 0 Å². The fraction of sp³-hybridized carbons (Fsp3) is 0.467. The minimum Gasteiger partial charge on any atom is -0.380 e. The molecule has 0 aliphatic rings. The van der Waals surface area contributed by atoms with Crippen molar-refractivity contribution in [2.24, 2.45) is 4.99 Å². The Labute approximate surface area is 158 Å². The lowest BCUT2D eigenvalue weighted by Crippen LogP contribution is -2.40. The van der Waals surface area contributed by atoms with Gasteiger partial charge in [0, 0.05) is 33.3 Å². The van der Waals surface area contributed by atoms with Crippen LogP contribution < -0.4 is 16.0 Å². The van der Waals surface area contributed by atoms with E-state index in [-0.39, 0.29) is 24.0 Å². The summed E-state index contributed by atoms with van der Waals surface area (Å²) in [6.07, 6.45) is 0. The summed E-state index contributed by atoms with van der Waals surface area (Å²) in [4.78, 5) is 8.70. The first-order valence-electron chi connectivity index (χ1n) is 7.45. The Morgan fingerprint density at radius 1 is 1.22 bits per heavy atom. The summed E-state index contributed by atoms with van der Waals surface area (Å²) < 4.78 is 6.48. The molecule has 1 aromatic heterocycles. The Morgan fingerprint density at radius 3 is 2.74 bits per heavy atom. The second-order valence-corrected chi connectivity index (χ2v) is 5.57. The van der Waals surface area contributed by atoms with E-state index in [1.807, 2.05) is 25.1 Å². The number of nitrogens with one attached hydrogen (secondary N) is 3. The molecule has 128 valence electrons. The Balaban J connectivity index is 0.00000264. The summed E-state index contributed by atoms with van der Waals surface area (Å²) >= 11 is 1.67. The predicted octanol–water partition coefficient (Wildman–Crippen LogP) is 2.53. The van der Waals surface area contributed by atoms with Crippen LogP contribution in [0.1, 0.15) is 6.92 Å². The Morgan fingerprint density at radius 2 is 2.00 bits per heavy atom. The third-order valence-corrected chi connectivity index (χ3v) is 3.95. The van der Waals surface area contributed by atoms with Crippen molar-refractivity contribution in [2.75, 3.05) is 45.2 Å². The van der Waals surface area contributed by atoms with Crippen molar-refractivity contribution in [1.82, 2.24) is 15.6 Å². The van der Waals surface area contributed by atoms with Gasteiger partial charge in [-0.25, -0.2) is 4.98 Å². The second-order valence-electron chi connectivity index (χ2n) is 4.54. The maximum atomic E-state index is 5.28. The highest BCUT2D eigenvalue weighted by Gasteiger charge is 2.02. The number of thiazole rings is 1. The van der Waals surface area contributed by atoms with Gasteiger partial charge >= 0.3 is 0 Å². The molecule has 0 amide bonds. The van der Waals surface area contributed by atoms with E-state index in [1.165, 1.54) is 4.70 Å². The van der Waals surface area contributed by atoms with Gasteiger partial charge in [-0.1, -0.05) is 23.5 Å². The molecule has 0 spiro atoms. The number of hydrogen-bond donors (Lipinski definition) is 3. The van der Waals surface area contributed by atoms with Crippen molar-refractivity contribution in [1.29, 1.82) is 0 Å². The lowest BCUT2D eigenvalue weighted by Gasteiger charge is -2.11. The van der Waals surface area contributed by atoms with Crippen LogP contribution in [0.25, 0.3) is 10.2 Å². The van der Waals surface area contributed by atoms with Crippen LogP contribution in [0.2, 0.25) is 0 Å². The average molecular weight is 449 g/mol. The fourth-order valence-electron chi connectivity index (χ4n) is 1.90. The minimum absolute atomic E-state index is 0. The van der Waals surface area contributed by atoms with Crippen LogP contribution in [0.4, 0.5) is 5.13 Å². The number of anilines is 1. The Hall–Kier alpha value is -1.13.